The Labute approximate surface area is 170 Å². The summed E-state index contributed by atoms with van der Waals surface area (Å²) >= 11 is 0. The third-order valence-electron chi connectivity index (χ3n) is 4.56. The minimum absolute atomic E-state index is 0.0819. The predicted molar refractivity (Wildman–Crippen MR) is 117 cm³/mol. The van der Waals surface area contributed by atoms with E-state index in [1.54, 1.807) is 0 Å². The molecule has 0 aliphatic rings. The summed E-state index contributed by atoms with van der Waals surface area (Å²) in [5.74, 6) is 1.26. The van der Waals surface area contributed by atoms with Gasteiger partial charge in [-0.25, -0.2) is 0 Å². The van der Waals surface area contributed by atoms with Crippen LogP contribution in [0, 0.1) is 0 Å². The van der Waals surface area contributed by atoms with Crippen molar-refractivity contribution in [3.05, 3.63) is 115 Å². The number of ether oxygens (including phenoxy) is 1. The van der Waals surface area contributed by atoms with Gasteiger partial charge in [-0.15, -0.1) is 0 Å². The maximum atomic E-state index is 12.6. The van der Waals surface area contributed by atoms with Crippen LogP contribution in [-0.4, -0.2) is 5.91 Å². The molecule has 0 heterocycles. The molecule has 1 amide bonds. The highest BCUT2D eigenvalue weighted by molar-refractivity contribution is 5.93. The van der Waals surface area contributed by atoms with E-state index in [2.05, 4.69) is 17.4 Å². The number of amides is 1. The van der Waals surface area contributed by atoms with Crippen LogP contribution in [0.1, 0.15) is 5.56 Å². The fraction of sp³-hybridized carbons (Fsp3) is 0.0385. The normalized spacial score (nSPS) is 10.3. The zero-order valence-electron chi connectivity index (χ0n) is 15.9. The second kappa shape index (κ2) is 8.89. The van der Waals surface area contributed by atoms with Gasteiger partial charge in [-0.1, -0.05) is 84.9 Å². The number of rotatable bonds is 6. The highest BCUT2D eigenvalue weighted by atomic mass is 16.5. The highest BCUT2D eigenvalue weighted by Gasteiger charge is 2.09. The molecule has 0 fully saturated rings. The summed E-state index contributed by atoms with van der Waals surface area (Å²) in [6.45, 7) is 0. The van der Waals surface area contributed by atoms with E-state index in [-0.39, 0.29) is 5.91 Å². The van der Waals surface area contributed by atoms with E-state index < -0.39 is 0 Å². The minimum Gasteiger partial charge on any atom is -0.455 e. The molecule has 0 aliphatic carbocycles. The molecule has 4 aromatic rings. The Hall–Kier alpha value is -3.85. The van der Waals surface area contributed by atoms with Crippen LogP contribution in [0.5, 0.6) is 11.5 Å². The van der Waals surface area contributed by atoms with E-state index in [0.717, 1.165) is 22.4 Å². The average Bonchev–Trinajstić information content (AvgIpc) is 2.77. The number of benzene rings is 4. The predicted octanol–water partition coefficient (Wildman–Crippen LogP) is 6.33. The first-order valence-corrected chi connectivity index (χ1v) is 9.54. The van der Waals surface area contributed by atoms with Crippen LogP contribution in [0.25, 0.3) is 11.1 Å². The minimum atomic E-state index is -0.0819. The van der Waals surface area contributed by atoms with Crippen molar-refractivity contribution in [1.82, 2.24) is 0 Å². The van der Waals surface area contributed by atoms with Crippen LogP contribution in [0.4, 0.5) is 5.69 Å². The van der Waals surface area contributed by atoms with Crippen molar-refractivity contribution in [2.24, 2.45) is 0 Å². The van der Waals surface area contributed by atoms with Gasteiger partial charge in [0.15, 0.2) is 5.75 Å². The topological polar surface area (TPSA) is 38.3 Å². The average molecular weight is 379 g/mol. The number of anilines is 1. The van der Waals surface area contributed by atoms with Crippen LogP contribution in [-0.2, 0) is 11.2 Å². The number of nitrogens with one attached hydrogen (secondary N) is 1. The second-order valence-corrected chi connectivity index (χ2v) is 6.70. The third-order valence-corrected chi connectivity index (χ3v) is 4.56. The van der Waals surface area contributed by atoms with Gasteiger partial charge in [-0.3, -0.25) is 4.79 Å². The number of para-hydroxylation sites is 3. The molecule has 0 aromatic heterocycles. The second-order valence-electron chi connectivity index (χ2n) is 6.70. The summed E-state index contributed by atoms with van der Waals surface area (Å²) in [4.78, 5) is 12.6. The lowest BCUT2D eigenvalue weighted by Gasteiger charge is -2.12. The Morgan fingerprint density at radius 1 is 0.655 bits per heavy atom. The van der Waals surface area contributed by atoms with E-state index in [1.807, 2.05) is 97.1 Å². The van der Waals surface area contributed by atoms with Gasteiger partial charge in [-0.2, -0.15) is 0 Å². The molecule has 0 saturated heterocycles. The molecule has 29 heavy (non-hydrogen) atoms. The van der Waals surface area contributed by atoms with Crippen molar-refractivity contribution >= 4 is 11.6 Å². The molecule has 4 aromatic carbocycles. The molecule has 142 valence electrons. The molecule has 0 aliphatic heterocycles. The number of hydrogen-bond acceptors (Lipinski definition) is 2. The summed E-state index contributed by atoms with van der Waals surface area (Å²) in [6.07, 6.45) is 0.300. The molecular formula is C26H21NO2. The fourth-order valence-corrected chi connectivity index (χ4v) is 3.10. The molecule has 0 saturated carbocycles. The van der Waals surface area contributed by atoms with Crippen molar-refractivity contribution in [1.29, 1.82) is 0 Å². The lowest BCUT2D eigenvalue weighted by molar-refractivity contribution is -0.115. The van der Waals surface area contributed by atoms with Gasteiger partial charge in [-0.05, 0) is 41.0 Å². The molecule has 0 bridgehead atoms. The van der Waals surface area contributed by atoms with Crippen molar-refractivity contribution < 1.29 is 9.53 Å². The number of hydrogen-bond donors (Lipinski definition) is 1. The number of carbonyl (C=O) groups excluding carboxylic acids is 1. The van der Waals surface area contributed by atoms with Gasteiger partial charge >= 0.3 is 0 Å². The quantitative estimate of drug-likeness (QED) is 0.425. The Morgan fingerprint density at radius 2 is 1.24 bits per heavy atom. The van der Waals surface area contributed by atoms with Crippen molar-refractivity contribution in [3.8, 4) is 22.6 Å². The highest BCUT2D eigenvalue weighted by Crippen LogP contribution is 2.29. The molecule has 3 nitrogen and oxygen atoms in total. The monoisotopic (exact) mass is 379 g/mol. The smallest absolute Gasteiger partial charge is 0.228 e. The standard InChI is InChI=1S/C26H21NO2/c28-26(19-20-15-17-22(18-16-20)21-9-3-1-4-10-21)27-24-13-7-8-14-25(24)29-23-11-5-2-6-12-23/h1-18H,19H2,(H,27,28). The van der Waals surface area contributed by atoms with Crippen molar-refractivity contribution in [3.63, 3.8) is 0 Å². The van der Waals surface area contributed by atoms with Gasteiger partial charge in [0.2, 0.25) is 5.91 Å². The van der Waals surface area contributed by atoms with Crippen LogP contribution < -0.4 is 10.1 Å². The molecule has 0 atom stereocenters. The molecule has 0 spiro atoms. The summed E-state index contributed by atoms with van der Waals surface area (Å²) in [7, 11) is 0. The first kappa shape index (κ1) is 18.5. The summed E-state index contributed by atoms with van der Waals surface area (Å²) < 4.78 is 5.91. The molecule has 0 unspecified atom stereocenters. The van der Waals surface area contributed by atoms with E-state index in [9.17, 15) is 4.79 Å². The van der Waals surface area contributed by atoms with Gasteiger partial charge in [0.25, 0.3) is 0 Å². The van der Waals surface area contributed by atoms with Gasteiger partial charge in [0, 0.05) is 0 Å². The van der Waals surface area contributed by atoms with Gasteiger partial charge in [0.1, 0.15) is 5.75 Å². The molecular weight excluding hydrogens is 358 g/mol. The van der Waals surface area contributed by atoms with Crippen molar-refractivity contribution in [2.75, 3.05) is 5.32 Å². The lowest BCUT2D eigenvalue weighted by Crippen LogP contribution is -2.14. The van der Waals surface area contributed by atoms with Crippen LogP contribution in [0.3, 0.4) is 0 Å². The summed E-state index contributed by atoms with van der Waals surface area (Å²) in [5.41, 5.74) is 3.91. The lowest BCUT2D eigenvalue weighted by atomic mass is 10.0. The van der Waals surface area contributed by atoms with Crippen LogP contribution >= 0.6 is 0 Å². The van der Waals surface area contributed by atoms with Gasteiger partial charge < -0.3 is 10.1 Å². The number of carbonyl (C=O) groups is 1. The Morgan fingerprint density at radius 3 is 1.97 bits per heavy atom. The Balaban J connectivity index is 1.42. The molecule has 3 heteroatoms. The van der Waals surface area contributed by atoms with Crippen LogP contribution in [0.2, 0.25) is 0 Å². The zero-order valence-corrected chi connectivity index (χ0v) is 15.9. The first-order chi connectivity index (χ1) is 14.3. The van der Waals surface area contributed by atoms with E-state index in [1.165, 1.54) is 0 Å². The Kier molecular flexibility index (Phi) is 5.68. The van der Waals surface area contributed by atoms with Crippen LogP contribution in [0.15, 0.2) is 109 Å². The zero-order chi connectivity index (χ0) is 19.9. The molecule has 4 rings (SSSR count). The van der Waals surface area contributed by atoms with E-state index >= 15 is 0 Å². The Bertz CT molecular complexity index is 1070. The molecule has 0 radical (unpaired) electrons. The third kappa shape index (κ3) is 4.90. The summed E-state index contributed by atoms with van der Waals surface area (Å²) in [5, 5.41) is 2.96. The van der Waals surface area contributed by atoms with Crippen molar-refractivity contribution in [2.45, 2.75) is 6.42 Å². The maximum absolute atomic E-state index is 12.6. The largest absolute Gasteiger partial charge is 0.455 e. The van der Waals surface area contributed by atoms with E-state index in [4.69, 9.17) is 4.74 Å². The summed E-state index contributed by atoms with van der Waals surface area (Å²) in [6, 6.07) is 35.2. The first-order valence-electron chi connectivity index (χ1n) is 9.54. The van der Waals surface area contributed by atoms with Gasteiger partial charge in [0.05, 0.1) is 12.1 Å². The maximum Gasteiger partial charge on any atom is 0.228 e. The molecule has 1 N–H and O–H groups in total. The fourth-order valence-electron chi connectivity index (χ4n) is 3.10. The SMILES string of the molecule is O=C(Cc1ccc(-c2ccccc2)cc1)Nc1ccccc1Oc1ccccc1. The van der Waals surface area contributed by atoms with E-state index in [0.29, 0.717) is 17.9 Å².